The fraction of sp³-hybridized carbons (Fsp3) is 0.647. The standard InChI is InChI=1S/C17H26N2/c1-15-7-5-6-11-19(15)17-10-12-18(14-17)13-16-8-3-2-4-9-16/h2-4,8-9,15,17H,5-7,10-14H2,1H3/t15-,17-/m1/s1. The molecule has 1 aromatic rings. The Morgan fingerprint density at radius 1 is 1.05 bits per heavy atom. The molecule has 19 heavy (non-hydrogen) atoms. The Morgan fingerprint density at radius 2 is 1.89 bits per heavy atom. The van der Waals surface area contributed by atoms with Crippen molar-refractivity contribution in [2.45, 2.75) is 51.2 Å². The van der Waals surface area contributed by atoms with E-state index in [1.54, 1.807) is 0 Å². The summed E-state index contributed by atoms with van der Waals surface area (Å²) in [5.41, 5.74) is 1.45. The van der Waals surface area contributed by atoms with Crippen LogP contribution in [0.2, 0.25) is 0 Å². The predicted molar refractivity (Wildman–Crippen MR) is 80.1 cm³/mol. The van der Waals surface area contributed by atoms with Gasteiger partial charge in [0.1, 0.15) is 0 Å². The molecule has 0 bridgehead atoms. The number of hydrogen-bond acceptors (Lipinski definition) is 2. The second-order valence-corrected chi connectivity index (χ2v) is 6.25. The van der Waals surface area contributed by atoms with Crippen LogP contribution < -0.4 is 0 Å². The van der Waals surface area contributed by atoms with E-state index in [4.69, 9.17) is 0 Å². The zero-order chi connectivity index (χ0) is 13.1. The number of rotatable bonds is 3. The molecule has 2 atom stereocenters. The van der Waals surface area contributed by atoms with Crippen molar-refractivity contribution in [3.8, 4) is 0 Å². The van der Waals surface area contributed by atoms with Crippen LogP contribution in [0.25, 0.3) is 0 Å². The molecule has 0 radical (unpaired) electrons. The molecule has 104 valence electrons. The van der Waals surface area contributed by atoms with Gasteiger partial charge < -0.3 is 0 Å². The van der Waals surface area contributed by atoms with Gasteiger partial charge in [0.15, 0.2) is 0 Å². The van der Waals surface area contributed by atoms with Crippen molar-refractivity contribution in [2.75, 3.05) is 19.6 Å². The summed E-state index contributed by atoms with van der Waals surface area (Å²) in [5, 5.41) is 0. The second kappa shape index (κ2) is 6.06. The summed E-state index contributed by atoms with van der Waals surface area (Å²) in [6.07, 6.45) is 5.59. The third-order valence-electron chi connectivity index (χ3n) is 4.82. The SMILES string of the molecule is C[C@@H]1CCCCN1[C@@H]1CCN(Cc2ccccc2)C1. The lowest BCUT2D eigenvalue weighted by Gasteiger charge is -2.38. The molecule has 0 spiro atoms. The van der Waals surface area contributed by atoms with E-state index in [-0.39, 0.29) is 0 Å². The van der Waals surface area contributed by atoms with Crippen LogP contribution in [0.1, 0.15) is 38.2 Å². The third-order valence-corrected chi connectivity index (χ3v) is 4.82. The fourth-order valence-corrected chi connectivity index (χ4v) is 3.73. The quantitative estimate of drug-likeness (QED) is 0.822. The number of piperidine rings is 1. The van der Waals surface area contributed by atoms with Crippen LogP contribution in [-0.2, 0) is 6.54 Å². The molecule has 2 aliphatic rings. The molecule has 3 rings (SSSR count). The number of likely N-dealkylation sites (tertiary alicyclic amines) is 2. The van der Waals surface area contributed by atoms with Gasteiger partial charge in [-0.15, -0.1) is 0 Å². The van der Waals surface area contributed by atoms with E-state index >= 15 is 0 Å². The summed E-state index contributed by atoms with van der Waals surface area (Å²) in [6.45, 7) is 7.39. The molecule has 2 aliphatic heterocycles. The van der Waals surface area contributed by atoms with Crippen molar-refractivity contribution in [2.24, 2.45) is 0 Å². The lowest BCUT2D eigenvalue weighted by atomic mass is 10.0. The van der Waals surface area contributed by atoms with E-state index in [9.17, 15) is 0 Å². The summed E-state index contributed by atoms with van der Waals surface area (Å²) in [7, 11) is 0. The molecule has 2 saturated heterocycles. The first-order valence-corrected chi connectivity index (χ1v) is 7.85. The van der Waals surface area contributed by atoms with Crippen molar-refractivity contribution in [3.05, 3.63) is 35.9 Å². The van der Waals surface area contributed by atoms with Gasteiger partial charge in [-0.25, -0.2) is 0 Å². The van der Waals surface area contributed by atoms with Crippen molar-refractivity contribution in [3.63, 3.8) is 0 Å². The highest BCUT2D eigenvalue weighted by molar-refractivity contribution is 5.14. The van der Waals surface area contributed by atoms with Crippen LogP contribution in [0.15, 0.2) is 30.3 Å². The van der Waals surface area contributed by atoms with Crippen LogP contribution in [0.5, 0.6) is 0 Å². The summed E-state index contributed by atoms with van der Waals surface area (Å²) in [4.78, 5) is 5.40. The van der Waals surface area contributed by atoms with Gasteiger partial charge in [0.05, 0.1) is 0 Å². The van der Waals surface area contributed by atoms with Crippen LogP contribution >= 0.6 is 0 Å². The van der Waals surface area contributed by atoms with Crippen LogP contribution in [-0.4, -0.2) is 41.5 Å². The van der Waals surface area contributed by atoms with E-state index in [0.717, 1.165) is 18.6 Å². The molecule has 0 amide bonds. The van der Waals surface area contributed by atoms with Gasteiger partial charge >= 0.3 is 0 Å². The Balaban J connectivity index is 1.55. The number of benzene rings is 1. The van der Waals surface area contributed by atoms with Crippen molar-refractivity contribution < 1.29 is 0 Å². The Bertz CT molecular complexity index is 390. The Labute approximate surface area is 117 Å². The monoisotopic (exact) mass is 258 g/mol. The molecule has 0 unspecified atom stereocenters. The molecule has 0 aromatic heterocycles. The first-order valence-electron chi connectivity index (χ1n) is 7.85. The maximum Gasteiger partial charge on any atom is 0.0238 e. The highest BCUT2D eigenvalue weighted by Gasteiger charge is 2.31. The normalized spacial score (nSPS) is 29.7. The average Bonchev–Trinajstić information content (AvgIpc) is 2.89. The predicted octanol–water partition coefficient (Wildman–Crippen LogP) is 3.14. The smallest absolute Gasteiger partial charge is 0.0238 e. The molecular weight excluding hydrogens is 232 g/mol. The van der Waals surface area contributed by atoms with Crippen molar-refractivity contribution in [1.29, 1.82) is 0 Å². The second-order valence-electron chi connectivity index (χ2n) is 6.25. The summed E-state index contributed by atoms with van der Waals surface area (Å²) < 4.78 is 0. The molecule has 0 saturated carbocycles. The number of hydrogen-bond donors (Lipinski definition) is 0. The first kappa shape index (κ1) is 13.1. The van der Waals surface area contributed by atoms with E-state index in [1.807, 2.05) is 0 Å². The molecule has 2 fully saturated rings. The lowest BCUT2D eigenvalue weighted by molar-refractivity contribution is 0.107. The van der Waals surface area contributed by atoms with Crippen LogP contribution in [0.3, 0.4) is 0 Å². The third kappa shape index (κ3) is 3.18. The summed E-state index contributed by atoms with van der Waals surface area (Å²) in [5.74, 6) is 0. The van der Waals surface area contributed by atoms with E-state index < -0.39 is 0 Å². The highest BCUT2D eigenvalue weighted by Crippen LogP contribution is 2.25. The molecule has 1 aromatic carbocycles. The van der Waals surface area contributed by atoms with Gasteiger partial charge in [-0.05, 0) is 38.3 Å². The van der Waals surface area contributed by atoms with Crippen LogP contribution in [0, 0.1) is 0 Å². The minimum Gasteiger partial charge on any atom is -0.297 e. The van der Waals surface area contributed by atoms with E-state index in [0.29, 0.717) is 0 Å². The zero-order valence-electron chi connectivity index (χ0n) is 12.1. The van der Waals surface area contributed by atoms with Gasteiger partial charge in [-0.3, -0.25) is 9.80 Å². The van der Waals surface area contributed by atoms with Gasteiger partial charge in [-0.2, -0.15) is 0 Å². The molecular formula is C17H26N2. The highest BCUT2D eigenvalue weighted by atomic mass is 15.3. The lowest BCUT2D eigenvalue weighted by Crippen LogP contribution is -2.46. The molecule has 2 heteroatoms. The summed E-state index contributed by atoms with van der Waals surface area (Å²) >= 11 is 0. The fourth-order valence-electron chi connectivity index (χ4n) is 3.73. The van der Waals surface area contributed by atoms with Gasteiger partial charge in [0, 0.05) is 31.7 Å². The molecule has 0 aliphatic carbocycles. The van der Waals surface area contributed by atoms with E-state index in [2.05, 4.69) is 47.1 Å². The largest absolute Gasteiger partial charge is 0.297 e. The number of nitrogens with zero attached hydrogens (tertiary/aromatic N) is 2. The average molecular weight is 258 g/mol. The molecule has 2 heterocycles. The Morgan fingerprint density at radius 3 is 2.68 bits per heavy atom. The molecule has 2 nitrogen and oxygen atoms in total. The minimum atomic E-state index is 0.801. The topological polar surface area (TPSA) is 6.48 Å². The van der Waals surface area contributed by atoms with Gasteiger partial charge in [-0.1, -0.05) is 36.8 Å². The van der Waals surface area contributed by atoms with E-state index in [1.165, 1.54) is 50.9 Å². The maximum absolute atomic E-state index is 2.77. The van der Waals surface area contributed by atoms with Gasteiger partial charge in [0.25, 0.3) is 0 Å². The summed E-state index contributed by atoms with van der Waals surface area (Å²) in [6, 6.07) is 12.5. The molecule has 0 N–H and O–H groups in total. The Hall–Kier alpha value is -0.860. The van der Waals surface area contributed by atoms with Crippen molar-refractivity contribution in [1.82, 2.24) is 9.80 Å². The van der Waals surface area contributed by atoms with Crippen molar-refractivity contribution >= 4 is 0 Å². The Kier molecular flexibility index (Phi) is 4.19. The minimum absolute atomic E-state index is 0.801. The maximum atomic E-state index is 2.77. The van der Waals surface area contributed by atoms with Crippen LogP contribution in [0.4, 0.5) is 0 Å². The first-order chi connectivity index (χ1) is 9.33. The zero-order valence-corrected chi connectivity index (χ0v) is 12.1. The van der Waals surface area contributed by atoms with Gasteiger partial charge in [0.2, 0.25) is 0 Å².